The lowest BCUT2D eigenvalue weighted by molar-refractivity contribution is 0.0940. The third kappa shape index (κ3) is 2.99. The van der Waals surface area contributed by atoms with Gasteiger partial charge < -0.3 is 10.6 Å². The van der Waals surface area contributed by atoms with Gasteiger partial charge in [0, 0.05) is 23.0 Å². The summed E-state index contributed by atoms with van der Waals surface area (Å²) in [6.45, 7) is 6.17. The molecule has 0 fully saturated rings. The van der Waals surface area contributed by atoms with Crippen molar-refractivity contribution in [2.75, 3.05) is 12.4 Å². The van der Waals surface area contributed by atoms with Gasteiger partial charge in [0.05, 0.1) is 23.5 Å². The second-order valence-electron chi connectivity index (χ2n) is 4.73. The van der Waals surface area contributed by atoms with Crippen LogP contribution in [0.5, 0.6) is 0 Å². The van der Waals surface area contributed by atoms with E-state index in [-0.39, 0.29) is 11.9 Å². The Morgan fingerprint density at radius 2 is 2.15 bits per heavy atom. The van der Waals surface area contributed by atoms with Gasteiger partial charge in [-0.05, 0) is 38.5 Å². The van der Waals surface area contributed by atoms with Gasteiger partial charge in [0.15, 0.2) is 0 Å². The van der Waals surface area contributed by atoms with Crippen molar-refractivity contribution < 1.29 is 4.79 Å². The van der Waals surface area contributed by atoms with Crippen molar-refractivity contribution in [2.24, 2.45) is 0 Å². The highest BCUT2D eigenvalue weighted by Crippen LogP contribution is 2.26. The lowest BCUT2D eigenvalue weighted by Gasteiger charge is -2.15. The second kappa shape index (κ2) is 6.05. The van der Waals surface area contributed by atoms with Crippen LogP contribution in [0.25, 0.3) is 0 Å². The predicted molar refractivity (Wildman–Crippen MR) is 83.5 cm³/mol. The molecule has 2 aromatic heterocycles. The van der Waals surface area contributed by atoms with Gasteiger partial charge in [-0.1, -0.05) is 0 Å². The number of hydrogen-bond donors (Lipinski definition) is 2. The molecule has 0 saturated carbocycles. The van der Waals surface area contributed by atoms with Gasteiger partial charge in [0.25, 0.3) is 5.91 Å². The summed E-state index contributed by atoms with van der Waals surface area (Å²) in [6, 6.07) is 3.85. The van der Waals surface area contributed by atoms with E-state index in [9.17, 15) is 4.79 Å². The van der Waals surface area contributed by atoms with Crippen LogP contribution in [0.2, 0.25) is 0 Å². The molecule has 2 heterocycles. The average Bonchev–Trinajstić information content (AvgIpc) is 2.77. The highest BCUT2D eigenvalue weighted by atomic mass is 32.1. The Kier molecular flexibility index (Phi) is 4.39. The third-order valence-electron chi connectivity index (χ3n) is 3.23. The largest absolute Gasteiger partial charge is 0.386 e. The van der Waals surface area contributed by atoms with Gasteiger partial charge in [-0.15, -0.1) is 11.3 Å². The number of carbonyl (C=O) groups excluding carboxylic acids is 1. The monoisotopic (exact) mass is 289 g/mol. The van der Waals surface area contributed by atoms with E-state index in [1.165, 1.54) is 15.3 Å². The molecule has 1 unspecified atom stereocenters. The quantitative estimate of drug-likeness (QED) is 0.908. The van der Waals surface area contributed by atoms with Gasteiger partial charge in [-0.3, -0.25) is 9.78 Å². The maximum atomic E-state index is 12.4. The molecule has 0 bridgehead atoms. The number of rotatable bonds is 4. The molecule has 0 aliphatic rings. The molecule has 20 heavy (non-hydrogen) atoms. The molecular weight excluding hydrogens is 270 g/mol. The minimum atomic E-state index is -0.0903. The number of amides is 1. The average molecular weight is 289 g/mol. The van der Waals surface area contributed by atoms with Crippen molar-refractivity contribution in [1.82, 2.24) is 10.3 Å². The van der Waals surface area contributed by atoms with Gasteiger partial charge in [-0.2, -0.15) is 0 Å². The van der Waals surface area contributed by atoms with E-state index in [1.54, 1.807) is 36.8 Å². The number of hydrogen-bond acceptors (Lipinski definition) is 4. The maximum Gasteiger partial charge on any atom is 0.253 e. The van der Waals surface area contributed by atoms with Crippen molar-refractivity contribution >= 4 is 22.9 Å². The number of pyridine rings is 1. The molecular formula is C15H19N3OS. The number of thiophene rings is 1. The van der Waals surface area contributed by atoms with Crippen molar-refractivity contribution in [2.45, 2.75) is 26.8 Å². The van der Waals surface area contributed by atoms with Crippen molar-refractivity contribution in [3.63, 3.8) is 0 Å². The second-order valence-corrected chi connectivity index (χ2v) is 6.20. The van der Waals surface area contributed by atoms with Gasteiger partial charge in [-0.25, -0.2) is 0 Å². The summed E-state index contributed by atoms with van der Waals surface area (Å²) in [7, 11) is 1.78. The first-order chi connectivity index (χ1) is 9.52. The number of nitrogens with zero attached hydrogens (tertiary/aromatic N) is 1. The van der Waals surface area contributed by atoms with Crippen LogP contribution in [0, 0.1) is 13.8 Å². The molecule has 0 aliphatic carbocycles. The van der Waals surface area contributed by atoms with Crippen LogP contribution in [0.3, 0.4) is 0 Å². The number of aromatic nitrogens is 1. The molecule has 0 spiro atoms. The van der Waals surface area contributed by atoms with Crippen LogP contribution >= 0.6 is 11.3 Å². The number of carbonyl (C=O) groups is 1. The van der Waals surface area contributed by atoms with E-state index in [0.717, 1.165) is 5.69 Å². The molecule has 106 valence electrons. The molecule has 5 heteroatoms. The van der Waals surface area contributed by atoms with Crippen LogP contribution in [-0.2, 0) is 0 Å². The smallest absolute Gasteiger partial charge is 0.253 e. The fourth-order valence-electron chi connectivity index (χ4n) is 2.22. The highest BCUT2D eigenvalue weighted by Gasteiger charge is 2.16. The zero-order valence-electron chi connectivity index (χ0n) is 12.2. The topological polar surface area (TPSA) is 54.0 Å². The Morgan fingerprint density at radius 3 is 2.75 bits per heavy atom. The van der Waals surface area contributed by atoms with Gasteiger partial charge in [0.1, 0.15) is 0 Å². The van der Waals surface area contributed by atoms with Crippen molar-refractivity contribution in [1.29, 1.82) is 0 Å². The van der Waals surface area contributed by atoms with Crippen LogP contribution in [0.1, 0.15) is 38.6 Å². The minimum absolute atomic E-state index is 0.00896. The van der Waals surface area contributed by atoms with E-state index < -0.39 is 0 Å². The van der Waals surface area contributed by atoms with E-state index >= 15 is 0 Å². The summed E-state index contributed by atoms with van der Waals surface area (Å²) in [6.07, 6.45) is 3.28. The van der Waals surface area contributed by atoms with Gasteiger partial charge in [0.2, 0.25) is 0 Å². The molecule has 0 saturated heterocycles. The summed E-state index contributed by atoms with van der Waals surface area (Å²) in [5.74, 6) is -0.0903. The molecule has 0 radical (unpaired) electrons. The summed E-state index contributed by atoms with van der Waals surface area (Å²) in [4.78, 5) is 18.9. The van der Waals surface area contributed by atoms with Crippen molar-refractivity contribution in [3.8, 4) is 0 Å². The van der Waals surface area contributed by atoms with E-state index in [2.05, 4.69) is 35.5 Å². The molecule has 0 aromatic carbocycles. The first-order valence-corrected chi connectivity index (χ1v) is 7.34. The van der Waals surface area contributed by atoms with Crippen LogP contribution in [0.15, 0.2) is 24.5 Å². The number of aryl methyl sites for hydroxylation is 2. The Hall–Kier alpha value is -1.88. The number of anilines is 1. The van der Waals surface area contributed by atoms with Crippen LogP contribution < -0.4 is 10.6 Å². The normalized spacial score (nSPS) is 12.0. The first kappa shape index (κ1) is 14.5. The maximum absolute atomic E-state index is 12.4. The van der Waals surface area contributed by atoms with Crippen LogP contribution in [-0.4, -0.2) is 17.9 Å². The summed E-state index contributed by atoms with van der Waals surface area (Å²) in [5.41, 5.74) is 2.52. The molecule has 1 atom stereocenters. The van der Waals surface area contributed by atoms with E-state index in [4.69, 9.17) is 0 Å². The summed E-state index contributed by atoms with van der Waals surface area (Å²) < 4.78 is 0. The number of nitrogens with one attached hydrogen (secondary N) is 2. The lowest BCUT2D eigenvalue weighted by Crippen LogP contribution is -2.27. The fourth-order valence-corrected chi connectivity index (χ4v) is 3.25. The molecule has 0 aliphatic heterocycles. The van der Waals surface area contributed by atoms with Crippen LogP contribution in [0.4, 0.5) is 5.69 Å². The predicted octanol–water partition coefficient (Wildman–Crippen LogP) is 3.29. The fraction of sp³-hybridized carbons (Fsp3) is 0.333. The Balaban J connectivity index is 2.17. The van der Waals surface area contributed by atoms with Crippen molar-refractivity contribution in [3.05, 3.63) is 45.4 Å². The van der Waals surface area contributed by atoms with E-state index in [1.807, 2.05) is 6.92 Å². The Labute approximate surface area is 123 Å². The molecule has 4 nitrogen and oxygen atoms in total. The summed E-state index contributed by atoms with van der Waals surface area (Å²) in [5, 5.41) is 6.03. The highest BCUT2D eigenvalue weighted by molar-refractivity contribution is 7.12. The zero-order valence-corrected chi connectivity index (χ0v) is 13.0. The molecule has 2 N–H and O–H groups in total. The third-order valence-corrected chi connectivity index (χ3v) is 4.21. The molecule has 1 amide bonds. The first-order valence-electron chi connectivity index (χ1n) is 6.52. The lowest BCUT2D eigenvalue weighted by atomic mass is 10.1. The minimum Gasteiger partial charge on any atom is -0.386 e. The SMILES string of the molecule is CNc1cnccc1C(=O)NC(C)c1cc(C)sc1C. The molecule has 2 rings (SSSR count). The molecule has 2 aromatic rings. The van der Waals surface area contributed by atoms with Gasteiger partial charge >= 0.3 is 0 Å². The zero-order chi connectivity index (χ0) is 14.7. The standard InChI is InChI=1S/C15H19N3OS/c1-9-7-13(11(3)20-9)10(2)18-15(19)12-5-6-17-8-14(12)16-4/h5-8,10,16H,1-4H3,(H,18,19). The van der Waals surface area contributed by atoms with E-state index in [0.29, 0.717) is 5.56 Å². The Morgan fingerprint density at radius 1 is 1.40 bits per heavy atom. The summed E-state index contributed by atoms with van der Waals surface area (Å²) >= 11 is 1.75. The Bertz CT molecular complexity index is 621.